The van der Waals surface area contributed by atoms with Crippen molar-refractivity contribution in [3.63, 3.8) is 0 Å². The van der Waals surface area contributed by atoms with Gasteiger partial charge in [-0.05, 0) is 79.8 Å². The zero-order valence-corrected chi connectivity index (χ0v) is 17.7. The van der Waals surface area contributed by atoms with Crippen LogP contribution in [-0.2, 0) is 4.79 Å². The lowest BCUT2D eigenvalue weighted by Crippen LogP contribution is -2.16. The van der Waals surface area contributed by atoms with Gasteiger partial charge in [0.1, 0.15) is 5.82 Å². The van der Waals surface area contributed by atoms with Crippen molar-refractivity contribution in [2.75, 3.05) is 10.6 Å². The van der Waals surface area contributed by atoms with Crippen LogP contribution in [0.5, 0.6) is 0 Å². The third-order valence-corrected chi connectivity index (χ3v) is 5.72. The minimum atomic E-state index is -0.718. The van der Waals surface area contributed by atoms with Crippen molar-refractivity contribution in [3.05, 3.63) is 59.6 Å². The quantitative estimate of drug-likeness (QED) is 0.494. The Hall–Kier alpha value is -3.75. The number of pyridine rings is 1. The fraction of sp³-hybridized carbons (Fsp3) is 0.348. The Bertz CT molecular complexity index is 1090. The average Bonchev–Trinajstić information content (AvgIpc) is 3.23. The van der Waals surface area contributed by atoms with Gasteiger partial charge in [0.15, 0.2) is 0 Å². The minimum Gasteiger partial charge on any atom is -0.481 e. The van der Waals surface area contributed by atoms with Gasteiger partial charge in [0.25, 0.3) is 0 Å². The molecule has 0 saturated heterocycles. The first kappa shape index (κ1) is 21.5. The zero-order chi connectivity index (χ0) is 22.5. The van der Waals surface area contributed by atoms with E-state index >= 15 is 0 Å². The molecule has 32 heavy (non-hydrogen) atoms. The number of nitrogens with zero attached hydrogens (tertiary/aromatic N) is 3. The molecule has 1 aliphatic carbocycles. The van der Waals surface area contributed by atoms with Crippen LogP contribution in [0.3, 0.4) is 0 Å². The number of nitrogens with one attached hydrogen (secondary N) is 2. The molecule has 1 saturated carbocycles. The number of hydrogen-bond acceptors (Lipinski definition) is 7. The van der Waals surface area contributed by atoms with Gasteiger partial charge in [0, 0.05) is 18.3 Å². The SMILES string of the molecule is Cc1ccnc(Nc2nnc(C(=O)Nc3ccc([C@H]4CC[C@H](CC(=O)O)CC4)cc3)o2)c1. The molecule has 2 aromatic heterocycles. The molecule has 0 unspecified atom stereocenters. The van der Waals surface area contributed by atoms with Crippen LogP contribution in [0.4, 0.5) is 17.5 Å². The number of benzene rings is 1. The third-order valence-electron chi connectivity index (χ3n) is 5.72. The average molecular weight is 435 g/mol. The van der Waals surface area contributed by atoms with E-state index < -0.39 is 11.9 Å². The molecule has 3 aromatic rings. The zero-order valence-electron chi connectivity index (χ0n) is 17.7. The molecule has 0 atom stereocenters. The van der Waals surface area contributed by atoms with E-state index in [9.17, 15) is 9.59 Å². The lowest BCUT2D eigenvalue weighted by atomic mass is 9.77. The summed E-state index contributed by atoms with van der Waals surface area (Å²) in [5, 5.41) is 22.2. The number of carboxylic acid groups (broad SMARTS) is 1. The summed E-state index contributed by atoms with van der Waals surface area (Å²) in [5.74, 6) is -0.120. The summed E-state index contributed by atoms with van der Waals surface area (Å²) in [7, 11) is 0. The molecule has 0 spiro atoms. The predicted octanol–water partition coefficient (Wildman–Crippen LogP) is 4.52. The first-order valence-corrected chi connectivity index (χ1v) is 10.6. The van der Waals surface area contributed by atoms with Gasteiger partial charge in [0.05, 0.1) is 0 Å². The summed E-state index contributed by atoms with van der Waals surface area (Å²) in [5.41, 5.74) is 2.86. The van der Waals surface area contributed by atoms with E-state index in [2.05, 4.69) is 25.8 Å². The highest BCUT2D eigenvalue weighted by Gasteiger charge is 2.24. The van der Waals surface area contributed by atoms with Gasteiger partial charge in [0.2, 0.25) is 0 Å². The van der Waals surface area contributed by atoms with Crippen LogP contribution in [0.1, 0.15) is 59.8 Å². The number of hydrogen-bond donors (Lipinski definition) is 3. The number of rotatable bonds is 7. The van der Waals surface area contributed by atoms with Crippen molar-refractivity contribution < 1.29 is 19.1 Å². The number of amides is 1. The molecule has 4 rings (SSSR count). The van der Waals surface area contributed by atoms with E-state index in [1.165, 1.54) is 5.56 Å². The molecule has 0 bridgehead atoms. The smallest absolute Gasteiger partial charge is 0.321 e. The van der Waals surface area contributed by atoms with Gasteiger partial charge >= 0.3 is 23.8 Å². The molecule has 1 aromatic carbocycles. The fourth-order valence-electron chi connectivity index (χ4n) is 4.05. The first-order chi connectivity index (χ1) is 15.5. The maximum atomic E-state index is 12.4. The molecule has 9 nitrogen and oxygen atoms in total. The minimum absolute atomic E-state index is 0.0853. The van der Waals surface area contributed by atoms with Gasteiger partial charge in [-0.2, -0.15) is 0 Å². The molecule has 2 heterocycles. The van der Waals surface area contributed by atoms with Crippen molar-refractivity contribution >= 4 is 29.4 Å². The summed E-state index contributed by atoms with van der Waals surface area (Å²) < 4.78 is 5.39. The van der Waals surface area contributed by atoms with Gasteiger partial charge in [-0.15, -0.1) is 5.10 Å². The van der Waals surface area contributed by atoms with Crippen molar-refractivity contribution in [2.45, 2.75) is 44.9 Å². The highest BCUT2D eigenvalue weighted by atomic mass is 16.4. The van der Waals surface area contributed by atoms with E-state index in [1.54, 1.807) is 6.20 Å². The second-order valence-corrected chi connectivity index (χ2v) is 8.15. The second kappa shape index (κ2) is 9.59. The summed E-state index contributed by atoms with van der Waals surface area (Å²) in [4.78, 5) is 27.5. The molecule has 0 radical (unpaired) electrons. The Balaban J connectivity index is 1.31. The third kappa shape index (κ3) is 5.48. The summed E-state index contributed by atoms with van der Waals surface area (Å²) in [6.45, 7) is 1.94. The standard InChI is InChI=1S/C23H25N5O4/c1-14-10-11-24-19(12-14)26-23-28-27-22(32-23)21(31)25-18-8-6-17(7-9-18)16-4-2-15(3-5-16)13-20(29)30/h6-12,15-16H,2-5,13H2,1H3,(H,25,31)(H,29,30)(H,24,26,28)/t15-,16-. The van der Waals surface area contributed by atoms with E-state index in [4.69, 9.17) is 9.52 Å². The Morgan fingerprint density at radius 3 is 2.53 bits per heavy atom. The lowest BCUT2D eigenvalue weighted by molar-refractivity contribution is -0.138. The van der Waals surface area contributed by atoms with Crippen LogP contribution in [-0.4, -0.2) is 32.2 Å². The molecule has 166 valence electrons. The van der Waals surface area contributed by atoms with Gasteiger partial charge < -0.3 is 14.8 Å². The lowest BCUT2D eigenvalue weighted by Gasteiger charge is -2.28. The maximum Gasteiger partial charge on any atom is 0.321 e. The fourth-order valence-corrected chi connectivity index (χ4v) is 4.05. The van der Waals surface area contributed by atoms with Gasteiger partial charge in [-0.1, -0.05) is 17.2 Å². The highest BCUT2D eigenvalue weighted by molar-refractivity contribution is 6.00. The summed E-state index contributed by atoms with van der Waals surface area (Å²) in [6, 6.07) is 11.5. The van der Waals surface area contributed by atoms with E-state index in [-0.39, 0.29) is 24.2 Å². The molecule has 1 amide bonds. The van der Waals surface area contributed by atoms with Gasteiger partial charge in [-0.3, -0.25) is 14.9 Å². The Morgan fingerprint density at radius 1 is 1.09 bits per heavy atom. The molecule has 1 aliphatic rings. The van der Waals surface area contributed by atoms with Crippen LogP contribution in [0.15, 0.2) is 47.0 Å². The number of anilines is 3. The van der Waals surface area contributed by atoms with Crippen LogP contribution < -0.4 is 10.6 Å². The van der Waals surface area contributed by atoms with Crippen LogP contribution in [0, 0.1) is 12.8 Å². The Labute approximate surface area is 185 Å². The Kier molecular flexibility index (Phi) is 6.44. The number of aromatic nitrogens is 3. The molecular formula is C23H25N5O4. The van der Waals surface area contributed by atoms with Crippen molar-refractivity contribution in [1.29, 1.82) is 0 Å². The molecule has 3 N–H and O–H groups in total. The number of carboxylic acids is 1. The number of aliphatic carboxylic acids is 1. The number of carbonyl (C=O) groups excluding carboxylic acids is 1. The number of aryl methyl sites for hydroxylation is 1. The predicted molar refractivity (Wildman–Crippen MR) is 118 cm³/mol. The molecule has 0 aliphatic heterocycles. The normalized spacial score (nSPS) is 18.2. The van der Waals surface area contributed by atoms with Gasteiger partial charge in [-0.25, -0.2) is 4.98 Å². The topological polar surface area (TPSA) is 130 Å². The molecular weight excluding hydrogens is 410 g/mol. The van der Waals surface area contributed by atoms with Crippen molar-refractivity contribution in [1.82, 2.24) is 15.2 Å². The highest BCUT2D eigenvalue weighted by Crippen LogP contribution is 2.37. The number of carbonyl (C=O) groups is 2. The maximum absolute atomic E-state index is 12.4. The van der Waals surface area contributed by atoms with Crippen LogP contribution in [0.2, 0.25) is 0 Å². The summed E-state index contributed by atoms with van der Waals surface area (Å²) in [6.07, 6.45) is 5.75. The Morgan fingerprint density at radius 2 is 1.84 bits per heavy atom. The second-order valence-electron chi connectivity index (χ2n) is 8.15. The van der Waals surface area contributed by atoms with E-state index in [0.29, 0.717) is 17.4 Å². The van der Waals surface area contributed by atoms with Crippen molar-refractivity contribution in [3.8, 4) is 0 Å². The summed E-state index contributed by atoms with van der Waals surface area (Å²) >= 11 is 0. The largest absolute Gasteiger partial charge is 0.481 e. The van der Waals surface area contributed by atoms with Crippen LogP contribution >= 0.6 is 0 Å². The molecule has 1 fully saturated rings. The first-order valence-electron chi connectivity index (χ1n) is 10.6. The van der Waals surface area contributed by atoms with E-state index in [1.807, 2.05) is 43.3 Å². The molecule has 9 heteroatoms. The van der Waals surface area contributed by atoms with Crippen molar-refractivity contribution in [2.24, 2.45) is 5.92 Å². The monoisotopic (exact) mass is 435 g/mol. The van der Waals surface area contributed by atoms with Crippen LogP contribution in [0.25, 0.3) is 0 Å². The van der Waals surface area contributed by atoms with E-state index in [0.717, 1.165) is 31.2 Å².